The fourth-order valence-corrected chi connectivity index (χ4v) is 2.53. The lowest BCUT2D eigenvalue weighted by Gasteiger charge is -2.09. The standard InChI is InChI=1S/C14H14O3/c1-7-4-12(15)17-14-9(3)13-10(6-11(7)14)5-8(2)16-13/h4,6,8H,5H2,1-3H3. The third-order valence-electron chi connectivity index (χ3n) is 3.32. The van der Waals surface area contributed by atoms with E-state index in [0.717, 1.165) is 28.7 Å². The normalized spacial score (nSPS) is 18.2. The minimum atomic E-state index is -0.302. The Bertz CT molecular complexity index is 667. The number of rotatable bonds is 0. The van der Waals surface area contributed by atoms with Crippen molar-refractivity contribution in [2.45, 2.75) is 33.3 Å². The van der Waals surface area contributed by atoms with Gasteiger partial charge in [-0.25, -0.2) is 4.79 Å². The first-order valence-corrected chi connectivity index (χ1v) is 5.80. The maximum atomic E-state index is 11.4. The molecule has 0 amide bonds. The largest absolute Gasteiger partial charge is 0.490 e. The van der Waals surface area contributed by atoms with Gasteiger partial charge in [0.25, 0.3) is 0 Å². The van der Waals surface area contributed by atoms with Gasteiger partial charge in [-0.15, -0.1) is 0 Å². The Morgan fingerprint density at radius 2 is 2.06 bits per heavy atom. The maximum Gasteiger partial charge on any atom is 0.336 e. The lowest BCUT2D eigenvalue weighted by molar-refractivity contribution is 0.253. The van der Waals surface area contributed by atoms with E-state index in [2.05, 4.69) is 6.07 Å². The molecule has 0 N–H and O–H groups in total. The Kier molecular flexibility index (Phi) is 2.05. The number of hydrogen-bond acceptors (Lipinski definition) is 3. The molecule has 3 nitrogen and oxygen atoms in total. The van der Waals surface area contributed by atoms with Crippen molar-refractivity contribution in [3.8, 4) is 5.75 Å². The number of ether oxygens (including phenoxy) is 1. The second-order valence-electron chi connectivity index (χ2n) is 4.75. The highest BCUT2D eigenvalue weighted by Crippen LogP contribution is 2.37. The summed E-state index contributed by atoms with van der Waals surface area (Å²) in [5, 5.41) is 1.01. The van der Waals surface area contributed by atoms with Crippen LogP contribution in [-0.2, 0) is 6.42 Å². The third-order valence-corrected chi connectivity index (χ3v) is 3.32. The summed E-state index contributed by atoms with van der Waals surface area (Å²) in [4.78, 5) is 11.4. The molecule has 1 atom stereocenters. The van der Waals surface area contributed by atoms with E-state index >= 15 is 0 Å². The summed E-state index contributed by atoms with van der Waals surface area (Å²) in [7, 11) is 0. The van der Waals surface area contributed by atoms with E-state index in [0.29, 0.717) is 5.58 Å². The first-order valence-electron chi connectivity index (χ1n) is 5.80. The van der Waals surface area contributed by atoms with Crippen molar-refractivity contribution in [2.75, 3.05) is 0 Å². The fourth-order valence-electron chi connectivity index (χ4n) is 2.53. The van der Waals surface area contributed by atoms with E-state index in [4.69, 9.17) is 9.15 Å². The van der Waals surface area contributed by atoms with E-state index in [1.54, 1.807) is 0 Å². The second kappa shape index (κ2) is 3.36. The predicted molar refractivity (Wildman–Crippen MR) is 65.8 cm³/mol. The molecule has 0 saturated carbocycles. The van der Waals surface area contributed by atoms with Crippen LogP contribution < -0.4 is 10.4 Å². The molecule has 17 heavy (non-hydrogen) atoms. The first kappa shape index (κ1) is 10.4. The van der Waals surface area contributed by atoms with Crippen LogP contribution in [0.2, 0.25) is 0 Å². The van der Waals surface area contributed by atoms with E-state index in [9.17, 15) is 4.79 Å². The minimum absolute atomic E-state index is 0.201. The SMILES string of the molecule is Cc1cc(=O)oc2c(C)c3c(cc12)CC(C)O3. The van der Waals surface area contributed by atoms with Crippen LogP contribution >= 0.6 is 0 Å². The zero-order valence-electron chi connectivity index (χ0n) is 10.2. The highest BCUT2D eigenvalue weighted by molar-refractivity contribution is 5.86. The van der Waals surface area contributed by atoms with Crippen LogP contribution in [-0.4, -0.2) is 6.10 Å². The summed E-state index contributed by atoms with van der Waals surface area (Å²) < 4.78 is 11.1. The molecule has 0 spiro atoms. The minimum Gasteiger partial charge on any atom is -0.490 e. The summed E-state index contributed by atoms with van der Waals surface area (Å²) in [6, 6.07) is 3.62. The van der Waals surface area contributed by atoms with E-state index in [-0.39, 0.29) is 11.7 Å². The molecule has 3 rings (SSSR count). The smallest absolute Gasteiger partial charge is 0.336 e. The van der Waals surface area contributed by atoms with Crippen molar-refractivity contribution in [3.63, 3.8) is 0 Å². The van der Waals surface area contributed by atoms with Gasteiger partial charge in [-0.05, 0) is 38.0 Å². The zero-order chi connectivity index (χ0) is 12.2. The monoisotopic (exact) mass is 230 g/mol. The third kappa shape index (κ3) is 1.46. The number of hydrogen-bond donors (Lipinski definition) is 0. The lowest BCUT2D eigenvalue weighted by atomic mass is 10.0. The Balaban J connectivity index is 2.43. The van der Waals surface area contributed by atoms with Gasteiger partial charge in [-0.1, -0.05) is 0 Å². The Hall–Kier alpha value is -1.77. The molecule has 2 aromatic rings. The summed E-state index contributed by atoms with van der Waals surface area (Å²) in [5.41, 5.74) is 3.45. The molecule has 0 bridgehead atoms. The van der Waals surface area contributed by atoms with Crippen molar-refractivity contribution in [2.24, 2.45) is 0 Å². The van der Waals surface area contributed by atoms with Crippen molar-refractivity contribution >= 4 is 11.0 Å². The van der Waals surface area contributed by atoms with Gasteiger partial charge in [0, 0.05) is 23.4 Å². The van der Waals surface area contributed by atoms with Crippen molar-refractivity contribution in [1.29, 1.82) is 0 Å². The topological polar surface area (TPSA) is 39.4 Å². The molecule has 0 saturated heterocycles. The van der Waals surface area contributed by atoms with Crippen LogP contribution in [0.3, 0.4) is 0 Å². The summed E-state index contributed by atoms with van der Waals surface area (Å²) in [6.45, 7) is 5.93. The zero-order valence-corrected chi connectivity index (χ0v) is 10.2. The molecular formula is C14H14O3. The average molecular weight is 230 g/mol. The molecule has 1 aliphatic rings. The van der Waals surface area contributed by atoms with Crippen LogP contribution in [0, 0.1) is 13.8 Å². The highest BCUT2D eigenvalue weighted by Gasteiger charge is 2.24. The summed E-state index contributed by atoms with van der Waals surface area (Å²) in [6.07, 6.45) is 1.12. The Morgan fingerprint density at radius 3 is 2.82 bits per heavy atom. The number of aryl methyl sites for hydroxylation is 2. The predicted octanol–water partition coefficient (Wildman–Crippen LogP) is 2.73. The molecule has 3 heteroatoms. The van der Waals surface area contributed by atoms with Gasteiger partial charge in [0.15, 0.2) is 0 Å². The average Bonchev–Trinajstić information content (AvgIpc) is 2.62. The van der Waals surface area contributed by atoms with Gasteiger partial charge in [-0.3, -0.25) is 0 Å². The Morgan fingerprint density at radius 1 is 1.29 bits per heavy atom. The molecule has 0 radical (unpaired) electrons. The van der Waals surface area contributed by atoms with Crippen molar-refractivity contribution < 1.29 is 9.15 Å². The van der Waals surface area contributed by atoms with Gasteiger partial charge < -0.3 is 9.15 Å². The van der Waals surface area contributed by atoms with Gasteiger partial charge >= 0.3 is 5.63 Å². The summed E-state index contributed by atoms with van der Waals surface area (Å²) in [5.74, 6) is 0.888. The van der Waals surface area contributed by atoms with Crippen LogP contribution in [0.1, 0.15) is 23.6 Å². The van der Waals surface area contributed by atoms with Crippen LogP contribution in [0.15, 0.2) is 21.3 Å². The summed E-state index contributed by atoms with van der Waals surface area (Å²) >= 11 is 0. The number of benzene rings is 1. The lowest BCUT2D eigenvalue weighted by Crippen LogP contribution is -2.05. The van der Waals surface area contributed by atoms with Crippen LogP contribution in [0.4, 0.5) is 0 Å². The highest BCUT2D eigenvalue weighted by atomic mass is 16.5. The Labute approximate surface area is 99.0 Å². The van der Waals surface area contributed by atoms with E-state index in [1.165, 1.54) is 11.6 Å². The first-order chi connectivity index (χ1) is 8.06. The van der Waals surface area contributed by atoms with E-state index < -0.39 is 0 Å². The van der Waals surface area contributed by atoms with Crippen LogP contribution in [0.5, 0.6) is 5.75 Å². The number of fused-ring (bicyclic) bond motifs is 2. The quantitative estimate of drug-likeness (QED) is 0.653. The van der Waals surface area contributed by atoms with Crippen molar-refractivity contribution in [1.82, 2.24) is 0 Å². The second-order valence-corrected chi connectivity index (χ2v) is 4.75. The molecule has 1 aromatic carbocycles. The van der Waals surface area contributed by atoms with Gasteiger partial charge in [0.2, 0.25) is 0 Å². The maximum absolute atomic E-state index is 11.4. The molecule has 0 aliphatic carbocycles. The van der Waals surface area contributed by atoms with Crippen molar-refractivity contribution in [3.05, 3.63) is 39.2 Å². The molecular weight excluding hydrogens is 216 g/mol. The fraction of sp³-hybridized carbons (Fsp3) is 0.357. The van der Waals surface area contributed by atoms with Crippen LogP contribution in [0.25, 0.3) is 11.0 Å². The van der Waals surface area contributed by atoms with Gasteiger partial charge in [0.05, 0.1) is 0 Å². The van der Waals surface area contributed by atoms with E-state index in [1.807, 2.05) is 20.8 Å². The van der Waals surface area contributed by atoms with Gasteiger partial charge in [-0.2, -0.15) is 0 Å². The molecule has 2 heterocycles. The molecule has 0 fully saturated rings. The molecule has 1 aliphatic heterocycles. The molecule has 88 valence electrons. The molecule has 1 unspecified atom stereocenters. The van der Waals surface area contributed by atoms with Gasteiger partial charge in [0.1, 0.15) is 17.4 Å². The molecule has 1 aromatic heterocycles.